The third kappa shape index (κ3) is 6.43. The van der Waals surface area contributed by atoms with Gasteiger partial charge in [0.05, 0.1) is 51.7 Å². The zero-order valence-corrected chi connectivity index (χ0v) is 32.4. The first-order valence-electron chi connectivity index (χ1n) is 19.1. The van der Waals surface area contributed by atoms with Gasteiger partial charge in [-0.15, -0.1) is 11.3 Å². The van der Waals surface area contributed by atoms with Gasteiger partial charge >= 0.3 is 18.3 Å². The third-order valence-corrected chi connectivity index (χ3v) is 12.4. The second-order valence-electron chi connectivity index (χ2n) is 16.8. The number of carbonyl (C=O) groups excluding carboxylic acids is 1. The van der Waals surface area contributed by atoms with E-state index >= 15 is 13.2 Å². The van der Waals surface area contributed by atoms with Crippen LogP contribution in [0.1, 0.15) is 77.2 Å². The van der Waals surface area contributed by atoms with Gasteiger partial charge in [0.2, 0.25) is 0 Å². The van der Waals surface area contributed by atoms with Crippen LogP contribution in [0.2, 0.25) is 0 Å². The molecule has 8 heterocycles. The van der Waals surface area contributed by atoms with Crippen molar-refractivity contribution < 1.29 is 32.2 Å². The number of aromatic nitrogens is 5. The van der Waals surface area contributed by atoms with Crippen LogP contribution in [0.4, 0.5) is 23.8 Å². The molecule has 1 N–H and O–H groups in total. The Hall–Kier alpha value is -4.28. The van der Waals surface area contributed by atoms with E-state index in [0.717, 1.165) is 50.6 Å². The number of aryl methyl sites for hydroxylation is 1. The van der Waals surface area contributed by atoms with Crippen LogP contribution >= 0.6 is 11.3 Å². The molecular formula is C39H45F3N8O4S. The predicted molar refractivity (Wildman–Crippen MR) is 204 cm³/mol. The van der Waals surface area contributed by atoms with E-state index in [1.807, 2.05) is 31.7 Å². The van der Waals surface area contributed by atoms with Crippen molar-refractivity contribution in [3.05, 3.63) is 35.7 Å². The van der Waals surface area contributed by atoms with Crippen LogP contribution < -0.4 is 15.0 Å². The van der Waals surface area contributed by atoms with Gasteiger partial charge in [0, 0.05) is 60.7 Å². The van der Waals surface area contributed by atoms with E-state index in [0.29, 0.717) is 57.9 Å². The minimum Gasteiger partial charge on any atom is -0.463 e. The van der Waals surface area contributed by atoms with Gasteiger partial charge in [0.1, 0.15) is 16.2 Å². The first kappa shape index (κ1) is 36.4. The maximum Gasteiger partial charge on any atom is 0.417 e. The van der Waals surface area contributed by atoms with Crippen molar-refractivity contribution in [3.8, 4) is 17.3 Å². The molecule has 1 amide bonds. The molecule has 9 rings (SSSR count). The molecule has 5 aromatic rings. The fraction of sp³-hybridized carbons (Fsp3) is 0.564. The summed E-state index contributed by atoms with van der Waals surface area (Å²) in [6.45, 7) is 12.9. The van der Waals surface area contributed by atoms with Crippen molar-refractivity contribution in [2.24, 2.45) is 5.41 Å². The molecule has 0 saturated carbocycles. The van der Waals surface area contributed by atoms with Gasteiger partial charge < -0.3 is 24.4 Å². The summed E-state index contributed by atoms with van der Waals surface area (Å²) < 4.78 is 65.9. The second kappa shape index (κ2) is 13.2. The highest BCUT2D eigenvalue weighted by atomic mass is 32.1. The molecule has 4 fully saturated rings. The molecule has 3 atom stereocenters. The van der Waals surface area contributed by atoms with Crippen LogP contribution in [0.5, 0.6) is 6.01 Å². The van der Waals surface area contributed by atoms with Crippen molar-refractivity contribution in [1.29, 1.82) is 0 Å². The molecule has 0 aliphatic carbocycles. The van der Waals surface area contributed by atoms with Gasteiger partial charge in [0.25, 0.3) is 0 Å². The number of hydrogen-bond acceptors (Lipinski definition) is 11. The Labute approximate surface area is 320 Å². The van der Waals surface area contributed by atoms with Crippen molar-refractivity contribution in [2.45, 2.75) is 96.8 Å². The van der Waals surface area contributed by atoms with E-state index < -0.39 is 17.3 Å². The molecule has 292 valence electrons. The summed E-state index contributed by atoms with van der Waals surface area (Å²) >= 11 is 1.29. The third-order valence-electron chi connectivity index (χ3n) is 11.3. The highest BCUT2D eigenvalue weighted by Crippen LogP contribution is 2.49. The largest absolute Gasteiger partial charge is 0.463 e. The number of fused-ring (bicyclic) bond motifs is 6. The number of alkyl halides is 3. The first-order chi connectivity index (χ1) is 26.2. The number of thiophene rings is 1. The van der Waals surface area contributed by atoms with E-state index in [9.17, 15) is 4.79 Å². The molecule has 3 unspecified atom stereocenters. The van der Waals surface area contributed by atoms with Crippen LogP contribution in [0.25, 0.3) is 42.5 Å². The number of pyridine rings is 1. The molecule has 0 radical (unpaired) electrons. The Balaban J connectivity index is 1.20. The van der Waals surface area contributed by atoms with Crippen LogP contribution in [0.3, 0.4) is 0 Å². The number of nitrogens with one attached hydrogen (secondary N) is 1. The lowest BCUT2D eigenvalue weighted by Crippen LogP contribution is -2.57. The Morgan fingerprint density at radius 2 is 1.85 bits per heavy atom. The van der Waals surface area contributed by atoms with Crippen molar-refractivity contribution >= 4 is 54.5 Å². The van der Waals surface area contributed by atoms with E-state index in [4.69, 9.17) is 24.2 Å². The van der Waals surface area contributed by atoms with Crippen LogP contribution in [0.15, 0.2) is 24.5 Å². The van der Waals surface area contributed by atoms with Crippen LogP contribution in [-0.4, -0.2) is 92.8 Å². The number of anilines is 1. The average molecular weight is 779 g/mol. The molecule has 0 spiro atoms. The number of benzene rings is 1. The van der Waals surface area contributed by atoms with Gasteiger partial charge in [0.15, 0.2) is 6.23 Å². The standard InChI is InChI=1S/C39H45F3N8O4S/c1-21-14-26-25(15-45-50(26)27-8-6-7-13-52-27)28(30(21)39(40,41)42)31-32-24(11-12-44-31)29-33(46-35(47-34(29)55-32)53-20-38(5)18-43-19-38)48-16-22-9-10-23(17-48)49(22)36(51)54-37(2,3)4/h11-12,14-15,22-23,27,43H,6-10,13,16-20H2,1-5H3. The summed E-state index contributed by atoms with van der Waals surface area (Å²) in [6, 6.07) is 3.42. The minimum atomic E-state index is -4.66. The second-order valence-corrected chi connectivity index (χ2v) is 17.8. The Morgan fingerprint density at radius 1 is 1.09 bits per heavy atom. The number of rotatable bonds is 6. The summed E-state index contributed by atoms with van der Waals surface area (Å²) in [5.74, 6) is 0.633. The molecular weight excluding hydrogens is 734 g/mol. The number of halogens is 3. The van der Waals surface area contributed by atoms with Crippen LogP contribution in [0, 0.1) is 12.3 Å². The summed E-state index contributed by atoms with van der Waals surface area (Å²) in [4.78, 5) is 32.6. The Morgan fingerprint density at radius 3 is 2.51 bits per heavy atom. The highest BCUT2D eigenvalue weighted by Gasteiger charge is 2.46. The summed E-state index contributed by atoms with van der Waals surface area (Å²) in [5.41, 5.74) is -0.574. The normalized spacial score (nSPS) is 22.8. The molecule has 16 heteroatoms. The number of piperazine rings is 1. The molecule has 1 aromatic carbocycles. The van der Waals surface area contributed by atoms with E-state index in [1.54, 1.807) is 16.9 Å². The van der Waals surface area contributed by atoms with E-state index in [1.165, 1.54) is 24.5 Å². The molecule has 4 aromatic heterocycles. The van der Waals surface area contributed by atoms with Gasteiger partial charge in [-0.25, -0.2) is 9.48 Å². The number of carbonyl (C=O) groups is 1. The maximum absolute atomic E-state index is 15.2. The van der Waals surface area contributed by atoms with Gasteiger partial charge in [-0.05, 0) is 77.5 Å². The summed E-state index contributed by atoms with van der Waals surface area (Å²) in [5, 5.41) is 9.68. The maximum atomic E-state index is 15.2. The van der Waals surface area contributed by atoms with Gasteiger partial charge in [-0.2, -0.15) is 28.2 Å². The lowest BCUT2D eigenvalue weighted by Gasteiger charge is -2.42. The number of ether oxygens (including phenoxy) is 3. The fourth-order valence-electron chi connectivity index (χ4n) is 8.69. The minimum absolute atomic E-state index is 0.0119. The number of amides is 1. The first-order valence-corrected chi connectivity index (χ1v) is 19.9. The van der Waals surface area contributed by atoms with Crippen LogP contribution in [-0.2, 0) is 15.7 Å². The van der Waals surface area contributed by atoms with Crippen molar-refractivity contribution in [2.75, 3.05) is 44.3 Å². The fourth-order valence-corrected chi connectivity index (χ4v) is 9.84. The summed E-state index contributed by atoms with van der Waals surface area (Å²) in [6.07, 6.45) is 2.00. The van der Waals surface area contributed by atoms with Crippen molar-refractivity contribution in [3.63, 3.8) is 0 Å². The quantitative estimate of drug-likeness (QED) is 0.183. The average Bonchev–Trinajstić information content (AvgIpc) is 3.79. The molecule has 4 saturated heterocycles. The monoisotopic (exact) mass is 778 g/mol. The molecule has 4 aliphatic heterocycles. The van der Waals surface area contributed by atoms with Crippen molar-refractivity contribution in [1.82, 2.24) is 34.9 Å². The summed E-state index contributed by atoms with van der Waals surface area (Å²) in [7, 11) is 0. The molecule has 4 aliphatic rings. The number of hydrogen-bond donors (Lipinski definition) is 1. The zero-order chi connectivity index (χ0) is 38.4. The lowest BCUT2D eigenvalue weighted by atomic mass is 9.85. The lowest BCUT2D eigenvalue weighted by molar-refractivity contribution is -0.137. The molecule has 2 bridgehead atoms. The smallest absolute Gasteiger partial charge is 0.417 e. The van der Waals surface area contributed by atoms with E-state index in [2.05, 4.69) is 27.2 Å². The van der Waals surface area contributed by atoms with Gasteiger partial charge in [-0.3, -0.25) is 9.88 Å². The Kier molecular flexibility index (Phi) is 8.70. The molecule has 55 heavy (non-hydrogen) atoms. The molecule has 12 nitrogen and oxygen atoms in total. The highest BCUT2D eigenvalue weighted by molar-refractivity contribution is 7.26. The predicted octanol–water partition coefficient (Wildman–Crippen LogP) is 7.86. The SMILES string of the molecule is Cc1cc2c(cnn2C2CCCCO2)c(-c2nccc3c2sc2nc(OCC4(C)CNC4)nc(N4CC5CCC(C4)N5C(=O)OC(C)(C)C)c23)c1C(F)(F)F. The van der Waals surface area contributed by atoms with Gasteiger partial charge in [-0.1, -0.05) is 6.92 Å². The Bertz CT molecular complexity index is 2300. The number of nitrogens with zero attached hydrogens (tertiary/aromatic N) is 7. The zero-order valence-electron chi connectivity index (χ0n) is 31.6. The van der Waals surface area contributed by atoms with E-state index in [-0.39, 0.29) is 52.7 Å². The topological polar surface area (TPSA) is 120 Å².